The van der Waals surface area contributed by atoms with Crippen molar-refractivity contribution in [3.8, 4) is 5.75 Å². The first-order chi connectivity index (χ1) is 10.4. The molecule has 0 aromatic heterocycles. The molecule has 1 aromatic rings. The molecule has 22 heavy (non-hydrogen) atoms. The molecule has 1 heterocycles. The summed E-state index contributed by atoms with van der Waals surface area (Å²) < 4.78 is 6.01. The minimum absolute atomic E-state index is 0.259. The van der Waals surface area contributed by atoms with Crippen LogP contribution in [0, 0.1) is 6.92 Å². The number of nitrogens with zero attached hydrogens (tertiary/aromatic N) is 1. The van der Waals surface area contributed by atoms with Crippen LogP contribution < -0.4 is 9.64 Å². The minimum atomic E-state index is -0.994. The second kappa shape index (κ2) is 5.99. The molecular weight excluding hydrogens is 282 g/mol. The summed E-state index contributed by atoms with van der Waals surface area (Å²) >= 11 is 0. The number of carbonyl (C=O) groups excluding carboxylic acids is 1. The van der Waals surface area contributed by atoms with Gasteiger partial charge in [-0.05, 0) is 43.9 Å². The zero-order valence-corrected chi connectivity index (χ0v) is 13.5. The highest BCUT2D eigenvalue weighted by Crippen LogP contribution is 2.42. The van der Waals surface area contributed by atoms with Gasteiger partial charge in [-0.2, -0.15) is 0 Å². The van der Waals surface area contributed by atoms with Crippen molar-refractivity contribution in [2.24, 2.45) is 0 Å². The minimum Gasteiger partial charge on any atom is -0.480 e. The van der Waals surface area contributed by atoms with Crippen molar-refractivity contribution in [1.29, 1.82) is 0 Å². The Morgan fingerprint density at radius 2 is 1.95 bits per heavy atom. The van der Waals surface area contributed by atoms with Crippen LogP contribution in [0.25, 0.3) is 0 Å². The molecular formula is C17H23NO4. The average molecular weight is 305 g/mol. The van der Waals surface area contributed by atoms with Crippen molar-refractivity contribution in [3.05, 3.63) is 23.8 Å². The van der Waals surface area contributed by atoms with Crippen LogP contribution in [-0.4, -0.2) is 28.6 Å². The Labute approximate surface area is 130 Å². The van der Waals surface area contributed by atoms with Gasteiger partial charge in [-0.25, -0.2) is 4.79 Å². The third-order valence-corrected chi connectivity index (χ3v) is 4.41. The number of fused-ring (bicyclic) bond motifs is 1. The lowest BCUT2D eigenvalue weighted by atomic mass is 9.91. The molecule has 1 unspecified atom stereocenters. The van der Waals surface area contributed by atoms with E-state index in [4.69, 9.17) is 4.74 Å². The van der Waals surface area contributed by atoms with E-state index in [0.717, 1.165) is 5.56 Å². The molecule has 5 nitrogen and oxygen atoms in total. The van der Waals surface area contributed by atoms with E-state index in [1.807, 2.05) is 39.0 Å². The number of amides is 1. The van der Waals surface area contributed by atoms with Crippen molar-refractivity contribution >= 4 is 17.6 Å². The topological polar surface area (TPSA) is 66.8 Å². The number of carboxylic acids is 1. The number of hydrogen-bond acceptors (Lipinski definition) is 3. The molecule has 0 radical (unpaired) electrons. The van der Waals surface area contributed by atoms with E-state index in [2.05, 4.69) is 0 Å². The number of carbonyl (C=O) groups is 2. The smallest absolute Gasteiger partial charge is 0.326 e. The second-order valence-electron chi connectivity index (χ2n) is 5.71. The molecule has 1 N–H and O–H groups in total. The SMILES string of the molecule is CCC(C(=O)O)N1C(=O)C(CC)(CC)Oc2ccc(C)cc21. The van der Waals surface area contributed by atoms with Crippen LogP contribution in [0.2, 0.25) is 0 Å². The largest absolute Gasteiger partial charge is 0.480 e. The molecule has 1 aliphatic rings. The first kappa shape index (κ1) is 16.3. The van der Waals surface area contributed by atoms with E-state index >= 15 is 0 Å². The van der Waals surface area contributed by atoms with Gasteiger partial charge in [-0.15, -0.1) is 0 Å². The van der Waals surface area contributed by atoms with Crippen molar-refractivity contribution < 1.29 is 19.4 Å². The number of ether oxygens (including phenoxy) is 1. The van der Waals surface area contributed by atoms with E-state index in [1.165, 1.54) is 4.90 Å². The normalized spacial score (nSPS) is 17.6. The Morgan fingerprint density at radius 1 is 1.32 bits per heavy atom. The lowest BCUT2D eigenvalue weighted by molar-refractivity contribution is -0.144. The molecule has 1 atom stereocenters. The van der Waals surface area contributed by atoms with Crippen LogP contribution in [0.1, 0.15) is 45.6 Å². The Bertz CT molecular complexity index is 592. The van der Waals surface area contributed by atoms with Crippen molar-refractivity contribution in [2.45, 2.75) is 58.6 Å². The Balaban J connectivity index is 2.65. The number of rotatable bonds is 5. The van der Waals surface area contributed by atoms with Crippen LogP contribution in [-0.2, 0) is 9.59 Å². The van der Waals surface area contributed by atoms with Gasteiger partial charge >= 0.3 is 5.97 Å². The number of anilines is 1. The number of benzene rings is 1. The number of aryl methyl sites for hydroxylation is 1. The fourth-order valence-corrected chi connectivity index (χ4v) is 2.96. The summed E-state index contributed by atoms with van der Waals surface area (Å²) in [5, 5.41) is 9.52. The number of hydrogen-bond donors (Lipinski definition) is 1. The van der Waals surface area contributed by atoms with Gasteiger partial charge in [-0.1, -0.05) is 26.8 Å². The summed E-state index contributed by atoms with van der Waals surface area (Å²) in [5.41, 5.74) is 0.531. The Kier molecular flexibility index (Phi) is 4.44. The third kappa shape index (κ3) is 2.45. The predicted molar refractivity (Wildman–Crippen MR) is 84.3 cm³/mol. The molecule has 0 aliphatic carbocycles. The average Bonchev–Trinajstić information content (AvgIpc) is 2.50. The van der Waals surface area contributed by atoms with Gasteiger partial charge in [0.05, 0.1) is 5.69 Å². The summed E-state index contributed by atoms with van der Waals surface area (Å²) in [6.07, 6.45) is 1.35. The quantitative estimate of drug-likeness (QED) is 0.907. The molecule has 2 rings (SSSR count). The maximum atomic E-state index is 13.0. The Hall–Kier alpha value is -2.04. The molecule has 0 fully saturated rings. The maximum Gasteiger partial charge on any atom is 0.326 e. The van der Waals surface area contributed by atoms with Crippen LogP contribution >= 0.6 is 0 Å². The van der Waals surface area contributed by atoms with Crippen molar-refractivity contribution in [1.82, 2.24) is 0 Å². The first-order valence-electron chi connectivity index (χ1n) is 7.76. The molecule has 0 spiro atoms. The summed E-state index contributed by atoms with van der Waals surface area (Å²) in [7, 11) is 0. The zero-order chi connectivity index (χ0) is 16.5. The monoisotopic (exact) mass is 305 g/mol. The van der Waals surface area contributed by atoms with Gasteiger partial charge in [0.2, 0.25) is 0 Å². The van der Waals surface area contributed by atoms with Crippen LogP contribution in [0.5, 0.6) is 5.75 Å². The van der Waals surface area contributed by atoms with Crippen LogP contribution in [0.4, 0.5) is 5.69 Å². The van der Waals surface area contributed by atoms with Gasteiger partial charge in [0.25, 0.3) is 5.91 Å². The van der Waals surface area contributed by atoms with Gasteiger partial charge in [0, 0.05) is 0 Å². The zero-order valence-electron chi connectivity index (χ0n) is 13.5. The van der Waals surface area contributed by atoms with Crippen LogP contribution in [0.15, 0.2) is 18.2 Å². The fourth-order valence-electron chi connectivity index (χ4n) is 2.96. The number of carboxylic acid groups (broad SMARTS) is 1. The van der Waals surface area contributed by atoms with E-state index in [-0.39, 0.29) is 5.91 Å². The predicted octanol–water partition coefficient (Wildman–Crippen LogP) is 3.14. The first-order valence-corrected chi connectivity index (χ1v) is 7.76. The highest BCUT2D eigenvalue weighted by Gasteiger charge is 2.48. The molecule has 1 aromatic carbocycles. The highest BCUT2D eigenvalue weighted by atomic mass is 16.5. The Morgan fingerprint density at radius 3 is 2.45 bits per heavy atom. The van der Waals surface area contributed by atoms with Gasteiger partial charge in [-0.3, -0.25) is 9.69 Å². The van der Waals surface area contributed by atoms with E-state index in [9.17, 15) is 14.7 Å². The van der Waals surface area contributed by atoms with Gasteiger partial charge in [0.1, 0.15) is 11.8 Å². The fraction of sp³-hybridized carbons (Fsp3) is 0.529. The lowest BCUT2D eigenvalue weighted by Gasteiger charge is -2.43. The molecule has 1 amide bonds. The van der Waals surface area contributed by atoms with Crippen molar-refractivity contribution in [3.63, 3.8) is 0 Å². The summed E-state index contributed by atoms with van der Waals surface area (Å²) in [6.45, 7) is 7.46. The molecule has 0 bridgehead atoms. The van der Waals surface area contributed by atoms with E-state index in [0.29, 0.717) is 30.7 Å². The molecule has 1 aliphatic heterocycles. The summed E-state index contributed by atoms with van der Waals surface area (Å²) in [6, 6.07) is 4.66. The molecule has 0 saturated carbocycles. The van der Waals surface area contributed by atoms with Gasteiger partial charge in [0.15, 0.2) is 5.60 Å². The van der Waals surface area contributed by atoms with Crippen molar-refractivity contribution in [2.75, 3.05) is 4.90 Å². The standard InChI is InChI=1S/C17H23NO4/c1-5-12(15(19)20)18-13-10-11(4)8-9-14(13)22-17(6-2,7-3)16(18)21/h8-10,12H,5-7H2,1-4H3,(H,19,20). The number of aliphatic carboxylic acids is 1. The summed E-state index contributed by atoms with van der Waals surface area (Å²) in [4.78, 5) is 26.1. The maximum absolute atomic E-state index is 13.0. The van der Waals surface area contributed by atoms with E-state index in [1.54, 1.807) is 6.92 Å². The van der Waals surface area contributed by atoms with Gasteiger partial charge < -0.3 is 9.84 Å². The summed E-state index contributed by atoms with van der Waals surface area (Å²) in [5.74, 6) is -0.676. The molecule has 0 saturated heterocycles. The lowest BCUT2D eigenvalue weighted by Crippen LogP contribution is -2.60. The third-order valence-electron chi connectivity index (χ3n) is 4.41. The van der Waals surface area contributed by atoms with Crippen LogP contribution in [0.3, 0.4) is 0 Å². The second-order valence-corrected chi connectivity index (χ2v) is 5.71. The highest BCUT2D eigenvalue weighted by molar-refractivity contribution is 6.06. The molecule has 5 heteroatoms. The van der Waals surface area contributed by atoms with E-state index < -0.39 is 17.6 Å². The molecule has 120 valence electrons.